The molecular formula is C17H16FN3OS. The van der Waals surface area contributed by atoms with Gasteiger partial charge in [-0.3, -0.25) is 5.43 Å². The molecule has 0 radical (unpaired) electrons. The first-order valence-corrected chi connectivity index (χ1v) is 7.27. The van der Waals surface area contributed by atoms with Gasteiger partial charge in [0.25, 0.3) is 0 Å². The van der Waals surface area contributed by atoms with E-state index in [2.05, 4.69) is 22.4 Å². The number of hydrogen-bond acceptors (Lipinski definition) is 3. The summed E-state index contributed by atoms with van der Waals surface area (Å²) >= 11 is 5.09. The largest absolute Gasteiger partial charge is 0.490 e. The van der Waals surface area contributed by atoms with Crippen LogP contribution in [0.5, 0.6) is 5.75 Å². The van der Waals surface area contributed by atoms with Gasteiger partial charge in [-0.2, -0.15) is 5.10 Å². The average molecular weight is 329 g/mol. The maximum absolute atomic E-state index is 12.8. The minimum atomic E-state index is -0.298. The van der Waals surface area contributed by atoms with Crippen molar-refractivity contribution in [3.63, 3.8) is 0 Å². The van der Waals surface area contributed by atoms with Gasteiger partial charge in [0.1, 0.15) is 18.2 Å². The van der Waals surface area contributed by atoms with Crippen molar-refractivity contribution in [3.05, 3.63) is 72.6 Å². The molecule has 2 rings (SSSR count). The molecule has 0 fully saturated rings. The van der Waals surface area contributed by atoms with Crippen molar-refractivity contribution in [3.8, 4) is 5.75 Å². The quantitative estimate of drug-likeness (QED) is 0.367. The molecule has 0 saturated carbocycles. The molecule has 0 heterocycles. The Labute approximate surface area is 139 Å². The zero-order valence-corrected chi connectivity index (χ0v) is 13.1. The third kappa shape index (κ3) is 5.88. The first-order valence-electron chi connectivity index (χ1n) is 6.87. The van der Waals surface area contributed by atoms with Gasteiger partial charge in [-0.1, -0.05) is 12.7 Å². The fourth-order valence-electron chi connectivity index (χ4n) is 1.66. The SMILES string of the molecule is C=CCOc1ccc(/C=N/NC(=S)Nc2ccc(F)cc2)cc1. The molecule has 4 nitrogen and oxygen atoms in total. The minimum Gasteiger partial charge on any atom is -0.490 e. The van der Waals surface area contributed by atoms with E-state index in [4.69, 9.17) is 17.0 Å². The van der Waals surface area contributed by atoms with Crippen LogP contribution in [0, 0.1) is 5.82 Å². The molecule has 2 N–H and O–H groups in total. The van der Waals surface area contributed by atoms with Crippen LogP contribution in [-0.2, 0) is 0 Å². The van der Waals surface area contributed by atoms with Crippen LogP contribution in [0.4, 0.5) is 10.1 Å². The van der Waals surface area contributed by atoms with Gasteiger partial charge in [-0.25, -0.2) is 4.39 Å². The maximum atomic E-state index is 12.8. The number of nitrogens with zero attached hydrogens (tertiary/aromatic N) is 1. The van der Waals surface area contributed by atoms with Gasteiger partial charge in [-0.15, -0.1) is 0 Å². The molecule has 0 aromatic heterocycles. The Morgan fingerprint density at radius 1 is 1.17 bits per heavy atom. The van der Waals surface area contributed by atoms with Crippen molar-refractivity contribution in [1.29, 1.82) is 0 Å². The summed E-state index contributed by atoms with van der Waals surface area (Å²) in [6.07, 6.45) is 3.32. The lowest BCUT2D eigenvalue weighted by molar-refractivity contribution is 0.363. The molecule has 0 aliphatic heterocycles. The van der Waals surface area contributed by atoms with Gasteiger partial charge in [0.15, 0.2) is 5.11 Å². The molecule has 0 amide bonds. The fourth-order valence-corrected chi connectivity index (χ4v) is 1.83. The Morgan fingerprint density at radius 2 is 1.87 bits per heavy atom. The first kappa shape index (κ1) is 16.6. The van der Waals surface area contributed by atoms with Crippen LogP contribution in [-0.4, -0.2) is 17.9 Å². The number of ether oxygens (including phenoxy) is 1. The van der Waals surface area contributed by atoms with E-state index in [1.807, 2.05) is 24.3 Å². The zero-order valence-electron chi connectivity index (χ0n) is 12.3. The third-order valence-corrected chi connectivity index (χ3v) is 2.92. The van der Waals surface area contributed by atoms with E-state index in [1.165, 1.54) is 12.1 Å². The number of thiocarbonyl (C=S) groups is 1. The highest BCUT2D eigenvalue weighted by Gasteiger charge is 1.97. The van der Waals surface area contributed by atoms with Crippen LogP contribution >= 0.6 is 12.2 Å². The van der Waals surface area contributed by atoms with Crippen molar-refractivity contribution in [2.45, 2.75) is 0 Å². The van der Waals surface area contributed by atoms with Gasteiger partial charge < -0.3 is 10.1 Å². The minimum absolute atomic E-state index is 0.298. The molecule has 118 valence electrons. The summed E-state index contributed by atoms with van der Waals surface area (Å²) in [4.78, 5) is 0. The molecule has 6 heteroatoms. The monoisotopic (exact) mass is 329 g/mol. The summed E-state index contributed by atoms with van der Waals surface area (Å²) < 4.78 is 18.2. The third-order valence-electron chi connectivity index (χ3n) is 2.73. The van der Waals surface area contributed by atoms with Crippen molar-refractivity contribution >= 4 is 29.2 Å². The summed E-state index contributed by atoms with van der Waals surface area (Å²) in [5, 5.41) is 7.25. The van der Waals surface area contributed by atoms with E-state index in [-0.39, 0.29) is 5.82 Å². The highest BCUT2D eigenvalue weighted by molar-refractivity contribution is 7.80. The second-order valence-corrected chi connectivity index (χ2v) is 4.91. The smallest absolute Gasteiger partial charge is 0.191 e. The van der Waals surface area contributed by atoms with Crippen molar-refractivity contribution in [1.82, 2.24) is 5.43 Å². The molecule has 0 bridgehead atoms. The number of rotatable bonds is 6. The molecule has 2 aromatic rings. The summed E-state index contributed by atoms with van der Waals surface area (Å²) in [5.74, 6) is 0.469. The van der Waals surface area contributed by atoms with Crippen molar-refractivity contribution in [2.75, 3.05) is 11.9 Å². The molecule has 0 spiro atoms. The van der Waals surface area contributed by atoms with E-state index >= 15 is 0 Å². The predicted molar refractivity (Wildman–Crippen MR) is 95.5 cm³/mol. The highest BCUT2D eigenvalue weighted by Crippen LogP contribution is 2.11. The topological polar surface area (TPSA) is 45.6 Å². The van der Waals surface area contributed by atoms with Gasteiger partial charge >= 0.3 is 0 Å². The maximum Gasteiger partial charge on any atom is 0.191 e. The lowest BCUT2D eigenvalue weighted by Gasteiger charge is -2.06. The second kappa shape index (κ2) is 8.65. The van der Waals surface area contributed by atoms with Gasteiger partial charge in [0.2, 0.25) is 0 Å². The van der Waals surface area contributed by atoms with Crippen LogP contribution in [0.25, 0.3) is 0 Å². The molecule has 0 saturated heterocycles. The molecule has 2 aromatic carbocycles. The number of halogens is 1. The summed E-state index contributed by atoms with van der Waals surface area (Å²) in [5.41, 5.74) is 4.27. The highest BCUT2D eigenvalue weighted by atomic mass is 32.1. The lowest BCUT2D eigenvalue weighted by atomic mass is 10.2. The summed E-state index contributed by atoms with van der Waals surface area (Å²) in [6.45, 7) is 4.06. The van der Waals surface area contributed by atoms with Gasteiger partial charge in [-0.05, 0) is 66.3 Å². The van der Waals surface area contributed by atoms with E-state index < -0.39 is 0 Å². The standard InChI is InChI=1S/C17H16FN3OS/c1-2-11-22-16-9-3-13(4-10-16)12-19-21-17(23)20-15-7-5-14(18)6-8-15/h2-10,12H,1,11H2,(H2,20,21,23)/b19-12+. The second-order valence-electron chi connectivity index (χ2n) is 4.50. The van der Waals surface area contributed by atoms with Crippen LogP contribution < -0.4 is 15.5 Å². The molecule has 23 heavy (non-hydrogen) atoms. The summed E-state index contributed by atoms with van der Waals surface area (Å²) in [6, 6.07) is 13.3. The average Bonchev–Trinajstić information content (AvgIpc) is 2.56. The lowest BCUT2D eigenvalue weighted by Crippen LogP contribution is -2.23. The Hall–Kier alpha value is -2.73. The molecular weight excluding hydrogens is 313 g/mol. The zero-order chi connectivity index (χ0) is 16.5. The van der Waals surface area contributed by atoms with E-state index in [9.17, 15) is 4.39 Å². The first-order chi connectivity index (χ1) is 11.2. The predicted octanol–water partition coefficient (Wildman–Crippen LogP) is 3.71. The normalized spacial score (nSPS) is 10.3. The van der Waals surface area contributed by atoms with Gasteiger partial charge in [0, 0.05) is 5.69 Å². The van der Waals surface area contributed by atoms with Crippen LogP contribution in [0.2, 0.25) is 0 Å². The molecule has 0 atom stereocenters. The van der Waals surface area contributed by atoms with Crippen LogP contribution in [0.1, 0.15) is 5.56 Å². The van der Waals surface area contributed by atoms with E-state index in [0.717, 1.165) is 11.3 Å². The molecule has 0 unspecified atom stereocenters. The van der Waals surface area contributed by atoms with Crippen LogP contribution in [0.3, 0.4) is 0 Å². The van der Waals surface area contributed by atoms with Crippen LogP contribution in [0.15, 0.2) is 66.3 Å². The Kier molecular flexibility index (Phi) is 6.26. The number of hydrazone groups is 1. The number of hydrogen-bond donors (Lipinski definition) is 2. The Morgan fingerprint density at radius 3 is 2.52 bits per heavy atom. The Balaban J connectivity index is 1.82. The van der Waals surface area contributed by atoms with E-state index in [1.54, 1.807) is 24.4 Å². The molecule has 0 aliphatic rings. The number of anilines is 1. The van der Waals surface area contributed by atoms with Crippen molar-refractivity contribution in [2.24, 2.45) is 5.10 Å². The van der Waals surface area contributed by atoms with E-state index in [0.29, 0.717) is 17.4 Å². The number of benzene rings is 2. The fraction of sp³-hybridized carbons (Fsp3) is 0.0588. The van der Waals surface area contributed by atoms with Crippen molar-refractivity contribution < 1.29 is 9.13 Å². The molecule has 0 aliphatic carbocycles. The van der Waals surface area contributed by atoms with Gasteiger partial charge in [0.05, 0.1) is 6.21 Å². The summed E-state index contributed by atoms with van der Waals surface area (Å²) in [7, 11) is 0. The Bertz CT molecular complexity index is 684. The number of nitrogens with one attached hydrogen (secondary N) is 2.